The Hall–Kier alpha value is 0.266. The van der Waals surface area contributed by atoms with Crippen LogP contribution in [-0.2, 0) is 0 Å². The predicted octanol–water partition coefficient (Wildman–Crippen LogP) is -3.17. The summed E-state index contributed by atoms with van der Waals surface area (Å²) >= 11 is 0. The molecule has 1 N–H and O–H groups in total. The number of nitrogens with one attached hydrogen (secondary N) is 1. The van der Waals surface area contributed by atoms with Crippen LogP contribution in [0.15, 0.2) is 12.4 Å². The molecule has 0 aromatic carbocycles. The summed E-state index contributed by atoms with van der Waals surface area (Å²) in [6.45, 7) is 0. The van der Waals surface area contributed by atoms with Crippen LogP contribution in [0, 0.1) is 6.33 Å². The predicted molar refractivity (Wildman–Crippen MR) is 23.2 cm³/mol. The number of imidazole rings is 1. The molecule has 0 bridgehead atoms. The van der Waals surface area contributed by atoms with Gasteiger partial charge in [0.15, 0.2) is 0 Å². The number of hydrogen-bond acceptors (Lipinski definition) is 1. The second kappa shape index (κ2) is 6.27. The van der Waals surface area contributed by atoms with E-state index >= 15 is 0 Å². The summed E-state index contributed by atoms with van der Waals surface area (Å²) in [4.78, 5) is 6.17. The largest absolute Gasteiger partial charge is 2.00 e. The first-order valence-corrected chi connectivity index (χ1v) is 1.35. The van der Waals surface area contributed by atoms with Gasteiger partial charge >= 0.3 is 23.1 Å². The minimum absolute atomic E-state index is 0. The molecule has 0 fully saturated rings. The monoisotopic (exact) mass is 126 g/mol. The van der Waals surface area contributed by atoms with Crippen molar-refractivity contribution in [3.05, 3.63) is 18.7 Å². The van der Waals surface area contributed by atoms with Gasteiger partial charge in [0.2, 0.25) is 0 Å². The van der Waals surface area contributed by atoms with Gasteiger partial charge in [0.1, 0.15) is 0 Å². The first kappa shape index (κ1) is 10.3. The molecule has 0 unspecified atom stereocenters. The number of H-pyrrole nitrogens is 1. The third kappa shape index (κ3) is 4.11. The summed E-state index contributed by atoms with van der Waals surface area (Å²) in [5, 5.41) is 0. The minimum Gasteiger partial charge on any atom is -1.00 e. The van der Waals surface area contributed by atoms with Crippen LogP contribution in [0.4, 0.5) is 0 Å². The molecular formula is C3H3ClMgN2. The third-order valence-corrected chi connectivity index (χ3v) is 0.362. The van der Waals surface area contributed by atoms with E-state index in [4.69, 9.17) is 0 Å². The normalized spacial score (nSPS) is 5.71. The Bertz CT molecular complexity index is 69.4. The molecule has 4 heteroatoms. The van der Waals surface area contributed by atoms with Gasteiger partial charge in [-0.05, 0) is 6.33 Å². The SMILES string of the molecule is [Cl-].[Mg+2].[c-]1ncc[nH]1. The Morgan fingerprint density at radius 1 is 1.57 bits per heavy atom. The van der Waals surface area contributed by atoms with Gasteiger partial charge in [0.25, 0.3) is 0 Å². The van der Waals surface area contributed by atoms with Crippen molar-refractivity contribution in [3.8, 4) is 0 Å². The van der Waals surface area contributed by atoms with E-state index < -0.39 is 0 Å². The van der Waals surface area contributed by atoms with Gasteiger partial charge in [-0.1, -0.05) is 0 Å². The van der Waals surface area contributed by atoms with Gasteiger partial charge in [-0.25, -0.2) is 0 Å². The van der Waals surface area contributed by atoms with E-state index in [0.717, 1.165) is 0 Å². The van der Waals surface area contributed by atoms with Crippen molar-refractivity contribution in [2.45, 2.75) is 0 Å². The van der Waals surface area contributed by atoms with Crippen LogP contribution < -0.4 is 12.4 Å². The van der Waals surface area contributed by atoms with Gasteiger partial charge in [0.05, 0.1) is 0 Å². The molecule has 0 aliphatic carbocycles. The number of aromatic amines is 1. The molecule has 0 saturated heterocycles. The molecule has 0 amide bonds. The third-order valence-electron chi connectivity index (χ3n) is 0.362. The van der Waals surface area contributed by atoms with Gasteiger partial charge in [-0.3, -0.25) is 0 Å². The van der Waals surface area contributed by atoms with Gasteiger partial charge in [-0.15, -0.1) is 12.4 Å². The number of hydrogen-bond donors (Lipinski definition) is 1. The van der Waals surface area contributed by atoms with Crippen molar-refractivity contribution < 1.29 is 12.4 Å². The Morgan fingerprint density at radius 2 is 2.29 bits per heavy atom. The standard InChI is InChI=1S/C3H3N2.ClH.Mg/c1-2-5-3-4-1;;/h1-2H,(H,4,5);1H;/q-1;;+2/p-1. The van der Waals surface area contributed by atoms with E-state index in [9.17, 15) is 0 Å². The average molecular weight is 127 g/mol. The fraction of sp³-hybridized carbons (Fsp3) is 0. The minimum atomic E-state index is 0. The molecule has 7 heavy (non-hydrogen) atoms. The molecule has 0 spiro atoms. The smallest absolute Gasteiger partial charge is 1.00 e. The van der Waals surface area contributed by atoms with Crippen molar-refractivity contribution in [3.63, 3.8) is 0 Å². The maximum atomic E-state index is 3.54. The van der Waals surface area contributed by atoms with Crippen LogP contribution in [0.5, 0.6) is 0 Å². The first-order chi connectivity index (χ1) is 2.50. The maximum absolute atomic E-state index is 3.54. The fourth-order valence-electron chi connectivity index (χ4n) is 0.186. The van der Waals surface area contributed by atoms with Gasteiger partial charge < -0.3 is 22.4 Å². The Morgan fingerprint density at radius 3 is 2.43 bits per heavy atom. The van der Waals surface area contributed by atoms with E-state index in [2.05, 4.69) is 16.3 Å². The molecule has 0 radical (unpaired) electrons. The van der Waals surface area contributed by atoms with E-state index in [0.29, 0.717) is 0 Å². The molecule has 1 rings (SSSR count). The molecule has 0 aliphatic rings. The second-order valence-electron chi connectivity index (χ2n) is 0.701. The van der Waals surface area contributed by atoms with Crippen LogP contribution >= 0.6 is 0 Å². The molecule has 1 heterocycles. The zero-order valence-corrected chi connectivity index (χ0v) is 5.86. The molecular weight excluding hydrogens is 124 g/mol. The molecule has 1 aromatic rings. The van der Waals surface area contributed by atoms with Crippen LogP contribution in [0.3, 0.4) is 0 Å². The quantitative estimate of drug-likeness (QED) is 0.289. The molecule has 0 saturated carbocycles. The molecule has 2 nitrogen and oxygen atoms in total. The summed E-state index contributed by atoms with van der Waals surface area (Å²) in [6, 6.07) is 0. The fourth-order valence-corrected chi connectivity index (χ4v) is 0.186. The summed E-state index contributed by atoms with van der Waals surface area (Å²) in [7, 11) is 0. The summed E-state index contributed by atoms with van der Waals surface area (Å²) in [5.41, 5.74) is 0. The Balaban J connectivity index is 0. The van der Waals surface area contributed by atoms with Gasteiger partial charge in [-0.2, -0.15) is 0 Å². The molecule has 34 valence electrons. The zero-order chi connectivity index (χ0) is 3.54. The summed E-state index contributed by atoms with van der Waals surface area (Å²) < 4.78 is 0. The molecule has 0 atom stereocenters. The van der Waals surface area contributed by atoms with Crippen LogP contribution in [0.2, 0.25) is 0 Å². The van der Waals surface area contributed by atoms with Crippen LogP contribution in [-0.4, -0.2) is 33.0 Å². The van der Waals surface area contributed by atoms with Crippen LogP contribution in [0.1, 0.15) is 0 Å². The summed E-state index contributed by atoms with van der Waals surface area (Å²) in [6.07, 6.45) is 5.83. The van der Waals surface area contributed by atoms with E-state index in [1.54, 1.807) is 12.4 Å². The molecule has 0 aliphatic heterocycles. The van der Waals surface area contributed by atoms with Crippen molar-refractivity contribution in [1.82, 2.24) is 9.97 Å². The molecule has 1 aromatic heterocycles. The van der Waals surface area contributed by atoms with E-state index in [1.807, 2.05) is 0 Å². The van der Waals surface area contributed by atoms with Crippen molar-refractivity contribution in [1.29, 1.82) is 0 Å². The van der Waals surface area contributed by atoms with Crippen molar-refractivity contribution >= 4 is 23.1 Å². The van der Waals surface area contributed by atoms with E-state index in [-0.39, 0.29) is 35.5 Å². The van der Waals surface area contributed by atoms with Crippen LogP contribution in [0.25, 0.3) is 0 Å². The van der Waals surface area contributed by atoms with Gasteiger partial charge in [0, 0.05) is 0 Å². The topological polar surface area (TPSA) is 28.7 Å². The Labute approximate surface area is 64.3 Å². The number of halogens is 1. The maximum Gasteiger partial charge on any atom is 2.00 e. The summed E-state index contributed by atoms with van der Waals surface area (Å²) in [5.74, 6) is 0. The number of aromatic nitrogens is 2. The van der Waals surface area contributed by atoms with E-state index in [1.165, 1.54) is 0 Å². The van der Waals surface area contributed by atoms with Crippen molar-refractivity contribution in [2.24, 2.45) is 0 Å². The van der Waals surface area contributed by atoms with Crippen molar-refractivity contribution in [2.75, 3.05) is 0 Å². The average Bonchev–Trinajstić information content (AvgIpc) is 1.76. The second-order valence-corrected chi connectivity index (χ2v) is 0.701. The number of nitrogens with zero attached hydrogens (tertiary/aromatic N) is 1. The number of rotatable bonds is 0. The first-order valence-electron chi connectivity index (χ1n) is 1.35. The zero-order valence-electron chi connectivity index (χ0n) is 3.69. The Kier molecular flexibility index (Phi) is 9.21.